The number of nitrogens with zero attached hydrogens (tertiary/aromatic N) is 4. The summed E-state index contributed by atoms with van der Waals surface area (Å²) in [6, 6.07) is 5.88. The molecule has 27 heavy (non-hydrogen) atoms. The lowest BCUT2D eigenvalue weighted by atomic mass is 9.96. The van der Waals surface area contributed by atoms with Crippen molar-refractivity contribution in [3.05, 3.63) is 71.5 Å². The Morgan fingerprint density at radius 2 is 2.07 bits per heavy atom. The highest BCUT2D eigenvalue weighted by Gasteiger charge is 2.29. The second kappa shape index (κ2) is 7.39. The predicted octanol–water partition coefficient (Wildman–Crippen LogP) is 3.56. The van der Waals surface area contributed by atoms with Gasteiger partial charge in [-0.2, -0.15) is 0 Å². The highest BCUT2D eigenvalue weighted by Crippen LogP contribution is 2.28. The molecule has 0 bridgehead atoms. The van der Waals surface area contributed by atoms with E-state index in [2.05, 4.69) is 14.5 Å². The maximum absolute atomic E-state index is 13.0. The molecular weight excluding hydrogens is 340 g/mol. The molecule has 6 heteroatoms. The number of imidazole rings is 1. The lowest BCUT2D eigenvalue weighted by Gasteiger charge is -2.32. The topological polar surface area (TPSA) is 64.2 Å². The molecule has 6 nitrogen and oxygen atoms in total. The van der Waals surface area contributed by atoms with Crippen LogP contribution in [0.5, 0.6) is 0 Å². The van der Waals surface area contributed by atoms with Crippen molar-refractivity contribution in [1.29, 1.82) is 0 Å². The van der Waals surface area contributed by atoms with Crippen LogP contribution in [0.1, 0.15) is 52.0 Å². The van der Waals surface area contributed by atoms with Crippen LogP contribution in [0.4, 0.5) is 0 Å². The van der Waals surface area contributed by atoms with Crippen molar-refractivity contribution in [2.24, 2.45) is 0 Å². The molecule has 3 aromatic rings. The van der Waals surface area contributed by atoms with Gasteiger partial charge in [-0.3, -0.25) is 9.78 Å². The van der Waals surface area contributed by atoms with Gasteiger partial charge in [0.1, 0.15) is 17.3 Å². The lowest BCUT2D eigenvalue weighted by molar-refractivity contribution is 0.0701. The fourth-order valence-corrected chi connectivity index (χ4v) is 3.89. The van der Waals surface area contributed by atoms with Crippen molar-refractivity contribution in [3.8, 4) is 0 Å². The molecule has 1 aliphatic heterocycles. The van der Waals surface area contributed by atoms with Crippen LogP contribution in [0.25, 0.3) is 0 Å². The third kappa shape index (κ3) is 3.65. The average molecular weight is 364 g/mol. The largest absolute Gasteiger partial charge is 0.466 e. The van der Waals surface area contributed by atoms with E-state index in [9.17, 15) is 4.79 Å². The highest BCUT2D eigenvalue weighted by atomic mass is 16.3. The zero-order valence-corrected chi connectivity index (χ0v) is 15.8. The minimum atomic E-state index is 0.0567. The molecule has 0 radical (unpaired) electrons. The number of amides is 1. The first-order chi connectivity index (χ1) is 13.1. The molecule has 140 valence electrons. The van der Waals surface area contributed by atoms with E-state index in [1.165, 1.54) is 5.56 Å². The molecule has 0 spiro atoms. The van der Waals surface area contributed by atoms with Gasteiger partial charge in [-0.05, 0) is 50.5 Å². The van der Waals surface area contributed by atoms with Crippen molar-refractivity contribution in [2.75, 3.05) is 13.1 Å². The molecule has 0 N–H and O–H groups in total. The summed E-state index contributed by atoms with van der Waals surface area (Å²) in [4.78, 5) is 23.6. The summed E-state index contributed by atoms with van der Waals surface area (Å²) in [6.45, 7) is 5.96. The van der Waals surface area contributed by atoms with Crippen LogP contribution in [-0.4, -0.2) is 38.4 Å². The Morgan fingerprint density at radius 1 is 1.26 bits per heavy atom. The number of aryl methyl sites for hydroxylation is 2. The van der Waals surface area contributed by atoms with E-state index in [0.29, 0.717) is 17.9 Å². The Kier molecular flexibility index (Phi) is 4.79. The maximum atomic E-state index is 13.0. The molecule has 3 aromatic heterocycles. The van der Waals surface area contributed by atoms with Crippen molar-refractivity contribution < 1.29 is 9.21 Å². The summed E-state index contributed by atoms with van der Waals surface area (Å²) in [5.74, 6) is 2.81. The summed E-state index contributed by atoms with van der Waals surface area (Å²) < 4.78 is 7.72. The molecule has 1 saturated heterocycles. The Labute approximate surface area is 158 Å². The first kappa shape index (κ1) is 17.5. The van der Waals surface area contributed by atoms with Crippen molar-refractivity contribution in [2.45, 2.75) is 39.2 Å². The van der Waals surface area contributed by atoms with Crippen LogP contribution in [0.15, 0.2) is 47.4 Å². The molecule has 0 aromatic carbocycles. The fourth-order valence-electron chi connectivity index (χ4n) is 3.89. The molecule has 4 heterocycles. The summed E-state index contributed by atoms with van der Waals surface area (Å²) in [5, 5.41) is 0. The molecule has 0 saturated carbocycles. The molecule has 1 unspecified atom stereocenters. The Bertz CT molecular complexity index is 929. The summed E-state index contributed by atoms with van der Waals surface area (Å²) in [5.41, 5.74) is 1.87. The van der Waals surface area contributed by atoms with E-state index in [4.69, 9.17) is 4.42 Å². The van der Waals surface area contributed by atoms with Gasteiger partial charge in [-0.1, -0.05) is 0 Å². The van der Waals surface area contributed by atoms with Crippen molar-refractivity contribution in [3.63, 3.8) is 0 Å². The van der Waals surface area contributed by atoms with E-state index < -0.39 is 0 Å². The van der Waals surface area contributed by atoms with E-state index in [1.807, 2.05) is 61.7 Å². The molecular formula is C21H24N4O2. The molecule has 1 atom stereocenters. The number of furan rings is 1. The van der Waals surface area contributed by atoms with Crippen LogP contribution < -0.4 is 0 Å². The number of hydrogen-bond donors (Lipinski definition) is 0. The minimum Gasteiger partial charge on any atom is -0.466 e. The number of rotatable bonds is 4. The van der Waals surface area contributed by atoms with E-state index >= 15 is 0 Å². The molecule has 0 aliphatic carbocycles. The summed E-state index contributed by atoms with van der Waals surface area (Å²) in [7, 11) is 0. The van der Waals surface area contributed by atoms with E-state index in [1.54, 1.807) is 0 Å². The lowest BCUT2D eigenvalue weighted by Crippen LogP contribution is -2.39. The number of carbonyl (C=O) groups excluding carboxylic acids is 1. The van der Waals surface area contributed by atoms with Gasteiger partial charge < -0.3 is 13.9 Å². The standard InChI is InChI=1S/C21H24N4O2/c1-15-12-19(16(2)27-15)21(26)25-10-3-4-18(14-25)20-23-9-11-24(20)13-17-5-7-22-8-6-17/h5-9,11-12,18H,3-4,10,13-14H2,1-2H3. The number of piperidine rings is 1. The van der Waals surface area contributed by atoms with Crippen molar-refractivity contribution in [1.82, 2.24) is 19.4 Å². The van der Waals surface area contributed by atoms with Gasteiger partial charge in [-0.15, -0.1) is 0 Å². The average Bonchev–Trinajstić information content (AvgIpc) is 3.28. The molecule has 4 rings (SSSR count). The molecule has 1 fully saturated rings. The Morgan fingerprint density at radius 3 is 2.81 bits per heavy atom. The summed E-state index contributed by atoms with van der Waals surface area (Å²) >= 11 is 0. The van der Waals surface area contributed by atoms with Crippen molar-refractivity contribution >= 4 is 5.91 Å². The van der Waals surface area contributed by atoms with Gasteiger partial charge >= 0.3 is 0 Å². The van der Waals surface area contributed by atoms with Crippen LogP contribution in [0.3, 0.4) is 0 Å². The third-order valence-electron chi connectivity index (χ3n) is 5.20. The van der Waals surface area contributed by atoms with E-state index in [0.717, 1.165) is 37.5 Å². The van der Waals surface area contributed by atoms with Crippen LogP contribution in [-0.2, 0) is 6.54 Å². The van der Waals surface area contributed by atoms with E-state index in [-0.39, 0.29) is 11.8 Å². The third-order valence-corrected chi connectivity index (χ3v) is 5.20. The monoisotopic (exact) mass is 364 g/mol. The number of carbonyl (C=O) groups is 1. The first-order valence-electron chi connectivity index (χ1n) is 9.38. The Hall–Kier alpha value is -2.89. The van der Waals surface area contributed by atoms with Gasteiger partial charge in [0, 0.05) is 50.3 Å². The molecule has 1 amide bonds. The SMILES string of the molecule is Cc1cc(C(=O)N2CCCC(c3nccn3Cc3ccncc3)C2)c(C)o1. The van der Waals surface area contributed by atoms with Crippen LogP contribution in [0, 0.1) is 13.8 Å². The van der Waals surface area contributed by atoms with Crippen LogP contribution in [0.2, 0.25) is 0 Å². The van der Waals surface area contributed by atoms with Gasteiger partial charge in [0.15, 0.2) is 0 Å². The number of likely N-dealkylation sites (tertiary alicyclic amines) is 1. The molecule has 1 aliphatic rings. The number of aromatic nitrogens is 3. The zero-order chi connectivity index (χ0) is 18.8. The van der Waals surface area contributed by atoms with Gasteiger partial charge in [-0.25, -0.2) is 4.98 Å². The number of pyridine rings is 1. The normalized spacial score (nSPS) is 17.3. The van der Waals surface area contributed by atoms with Crippen LogP contribution >= 0.6 is 0 Å². The number of hydrogen-bond acceptors (Lipinski definition) is 4. The zero-order valence-electron chi connectivity index (χ0n) is 15.8. The van der Waals surface area contributed by atoms with Gasteiger partial charge in [0.2, 0.25) is 0 Å². The summed E-state index contributed by atoms with van der Waals surface area (Å²) in [6.07, 6.45) is 9.50. The second-order valence-corrected chi connectivity index (χ2v) is 7.19. The van der Waals surface area contributed by atoms with Gasteiger partial charge in [0.05, 0.1) is 5.56 Å². The minimum absolute atomic E-state index is 0.0567. The highest BCUT2D eigenvalue weighted by molar-refractivity contribution is 5.95. The quantitative estimate of drug-likeness (QED) is 0.710. The fraction of sp³-hybridized carbons (Fsp3) is 0.381. The first-order valence-corrected chi connectivity index (χ1v) is 9.38. The predicted molar refractivity (Wildman–Crippen MR) is 102 cm³/mol. The smallest absolute Gasteiger partial charge is 0.257 e. The maximum Gasteiger partial charge on any atom is 0.257 e. The van der Waals surface area contributed by atoms with Gasteiger partial charge in [0.25, 0.3) is 5.91 Å². The second-order valence-electron chi connectivity index (χ2n) is 7.19. The Balaban J connectivity index is 1.51.